The second-order valence-corrected chi connectivity index (χ2v) is 11.2. The summed E-state index contributed by atoms with van der Waals surface area (Å²) in [5.41, 5.74) is -1.34. The van der Waals surface area contributed by atoms with E-state index in [1.807, 2.05) is 0 Å². The number of methoxy groups -OCH3 is 1. The van der Waals surface area contributed by atoms with Gasteiger partial charge < -0.3 is 9.84 Å². The maximum absolute atomic E-state index is 14.0. The summed E-state index contributed by atoms with van der Waals surface area (Å²) in [6.45, 7) is 0. The lowest BCUT2D eigenvalue weighted by molar-refractivity contribution is -0.384. The molecule has 5 rings (SSSR count). The molecule has 3 aliphatic rings. The number of carboxylic acids is 1. The zero-order chi connectivity index (χ0) is 27.2. The Morgan fingerprint density at radius 3 is 2.58 bits per heavy atom. The number of fused-ring (bicyclic) bond motifs is 1. The molecule has 2 aromatic rings. The summed E-state index contributed by atoms with van der Waals surface area (Å²) in [5, 5.41) is 25.3. The highest BCUT2D eigenvalue weighted by Crippen LogP contribution is 2.54. The molecule has 38 heavy (non-hydrogen) atoms. The molecule has 200 valence electrons. The van der Waals surface area contributed by atoms with Crippen molar-refractivity contribution in [1.82, 2.24) is 5.32 Å². The third kappa shape index (κ3) is 4.27. The summed E-state index contributed by atoms with van der Waals surface area (Å²) in [6.07, 6.45) is 4.99. The van der Waals surface area contributed by atoms with Crippen molar-refractivity contribution < 1.29 is 29.2 Å². The molecule has 2 aliphatic heterocycles. The number of rotatable bonds is 7. The fraction of sp³-hybridized carbons (Fsp3) is 0.444. The van der Waals surface area contributed by atoms with Gasteiger partial charge in [0.2, 0.25) is 11.8 Å². The molecule has 0 aromatic heterocycles. The number of nitro benzene ring substituents is 1. The van der Waals surface area contributed by atoms with E-state index in [2.05, 4.69) is 21.2 Å². The number of carboxylic acid groups (broad SMARTS) is 1. The van der Waals surface area contributed by atoms with Crippen LogP contribution >= 0.6 is 15.9 Å². The highest BCUT2D eigenvalue weighted by molar-refractivity contribution is 9.10. The minimum Gasteiger partial charge on any atom is -0.496 e. The molecule has 1 aliphatic carbocycles. The number of hydrogen-bond acceptors (Lipinski definition) is 7. The van der Waals surface area contributed by atoms with Crippen LogP contribution in [0.2, 0.25) is 0 Å². The standard InChI is InChI=1S/C27H28BrN3O7/c1-38-20-11-10-16(28)12-19(20)23-21-22(27(29-23,26(34)35)14-15-6-3-2-4-7-15)25(33)30(24(21)32)17-8-5-9-18(13-17)31(36)37/h5,8-13,15,21-23,29H,2-4,6-7,14H2,1H3,(H,34,35). The number of non-ortho nitro benzene ring substituents is 1. The van der Waals surface area contributed by atoms with Gasteiger partial charge in [-0.1, -0.05) is 54.1 Å². The third-order valence-electron chi connectivity index (χ3n) is 8.20. The van der Waals surface area contributed by atoms with Gasteiger partial charge in [-0.25, -0.2) is 4.90 Å². The first kappa shape index (κ1) is 26.3. The van der Waals surface area contributed by atoms with Gasteiger partial charge in [-0.2, -0.15) is 0 Å². The number of benzene rings is 2. The minimum absolute atomic E-state index is 0.0560. The van der Waals surface area contributed by atoms with Crippen molar-refractivity contribution in [3.8, 4) is 5.75 Å². The van der Waals surface area contributed by atoms with E-state index >= 15 is 0 Å². The van der Waals surface area contributed by atoms with E-state index in [1.54, 1.807) is 18.2 Å². The normalized spacial score (nSPS) is 27.4. The lowest BCUT2D eigenvalue weighted by atomic mass is 9.72. The summed E-state index contributed by atoms with van der Waals surface area (Å²) >= 11 is 3.45. The molecule has 4 atom stereocenters. The van der Waals surface area contributed by atoms with Crippen LogP contribution in [0, 0.1) is 27.9 Å². The molecule has 2 saturated heterocycles. The number of nitrogens with one attached hydrogen (secondary N) is 1. The van der Waals surface area contributed by atoms with Crippen LogP contribution in [-0.2, 0) is 14.4 Å². The number of carbonyl (C=O) groups is 3. The molecule has 2 amide bonds. The molecular weight excluding hydrogens is 558 g/mol. The average molecular weight is 586 g/mol. The van der Waals surface area contributed by atoms with Gasteiger partial charge in [-0.05, 0) is 36.6 Å². The zero-order valence-electron chi connectivity index (χ0n) is 20.8. The summed E-state index contributed by atoms with van der Waals surface area (Å²) in [5.74, 6) is -4.12. The number of imide groups is 1. The quantitative estimate of drug-likeness (QED) is 0.273. The Kier molecular flexibility index (Phi) is 6.99. The van der Waals surface area contributed by atoms with E-state index in [1.165, 1.54) is 31.4 Å². The molecule has 11 heteroatoms. The number of nitro groups is 1. The van der Waals surface area contributed by atoms with Gasteiger partial charge in [-0.15, -0.1) is 0 Å². The summed E-state index contributed by atoms with van der Waals surface area (Å²) in [7, 11) is 1.49. The Morgan fingerprint density at radius 2 is 1.92 bits per heavy atom. The largest absolute Gasteiger partial charge is 0.496 e. The number of halogens is 1. The lowest BCUT2D eigenvalue weighted by Gasteiger charge is -2.35. The topological polar surface area (TPSA) is 139 Å². The predicted molar refractivity (Wildman–Crippen MR) is 141 cm³/mol. The molecule has 2 aromatic carbocycles. The fourth-order valence-corrected chi connectivity index (χ4v) is 6.92. The molecule has 0 bridgehead atoms. The highest BCUT2D eigenvalue weighted by Gasteiger charge is 2.69. The molecule has 2 N–H and O–H groups in total. The van der Waals surface area contributed by atoms with Crippen molar-refractivity contribution in [1.29, 1.82) is 0 Å². The fourth-order valence-electron chi connectivity index (χ4n) is 6.54. The molecule has 0 radical (unpaired) electrons. The maximum Gasteiger partial charge on any atom is 0.324 e. The number of nitrogens with zero attached hydrogens (tertiary/aromatic N) is 2. The van der Waals surface area contributed by atoms with Gasteiger partial charge in [0.1, 0.15) is 11.3 Å². The number of anilines is 1. The summed E-state index contributed by atoms with van der Waals surface area (Å²) < 4.78 is 6.27. The van der Waals surface area contributed by atoms with Crippen molar-refractivity contribution in [3.63, 3.8) is 0 Å². The van der Waals surface area contributed by atoms with Crippen molar-refractivity contribution in [2.24, 2.45) is 17.8 Å². The van der Waals surface area contributed by atoms with E-state index in [-0.39, 0.29) is 23.7 Å². The smallest absolute Gasteiger partial charge is 0.324 e. The molecule has 4 unspecified atom stereocenters. The van der Waals surface area contributed by atoms with Crippen molar-refractivity contribution in [2.75, 3.05) is 12.0 Å². The molecular formula is C27H28BrN3O7. The molecule has 0 spiro atoms. The van der Waals surface area contributed by atoms with E-state index in [9.17, 15) is 29.6 Å². The van der Waals surface area contributed by atoms with Gasteiger partial charge >= 0.3 is 5.97 Å². The first-order valence-corrected chi connectivity index (χ1v) is 13.4. The van der Waals surface area contributed by atoms with Gasteiger partial charge in [0, 0.05) is 28.2 Å². The minimum atomic E-state index is -1.69. The van der Waals surface area contributed by atoms with Crippen LogP contribution in [0.15, 0.2) is 46.9 Å². The Morgan fingerprint density at radius 1 is 1.18 bits per heavy atom. The van der Waals surface area contributed by atoms with Crippen LogP contribution in [0.1, 0.15) is 50.1 Å². The van der Waals surface area contributed by atoms with Crippen LogP contribution in [0.5, 0.6) is 5.75 Å². The first-order chi connectivity index (χ1) is 18.2. The van der Waals surface area contributed by atoms with E-state index < -0.39 is 46.1 Å². The Balaban J connectivity index is 1.65. The Labute approximate surface area is 227 Å². The van der Waals surface area contributed by atoms with Crippen molar-refractivity contribution >= 4 is 45.1 Å². The number of ether oxygens (including phenoxy) is 1. The molecule has 10 nitrogen and oxygen atoms in total. The number of carbonyl (C=O) groups excluding carboxylic acids is 2. The van der Waals surface area contributed by atoms with E-state index in [0.717, 1.165) is 37.0 Å². The second kappa shape index (κ2) is 10.1. The highest BCUT2D eigenvalue weighted by atomic mass is 79.9. The van der Waals surface area contributed by atoms with Crippen molar-refractivity contribution in [3.05, 3.63) is 62.6 Å². The molecule has 3 fully saturated rings. The Hall–Kier alpha value is -3.31. The van der Waals surface area contributed by atoms with E-state index in [4.69, 9.17) is 4.74 Å². The van der Waals surface area contributed by atoms with E-state index in [0.29, 0.717) is 15.8 Å². The van der Waals surface area contributed by atoms with Crippen LogP contribution in [0.25, 0.3) is 0 Å². The SMILES string of the molecule is COc1ccc(Br)cc1C1NC(CC2CCCCC2)(C(=O)O)C2C(=O)N(c3cccc([N+](=O)[O-])c3)C(=O)C12. The number of aliphatic carboxylic acids is 1. The van der Waals surface area contributed by atoms with Crippen LogP contribution in [-0.4, -0.2) is 40.5 Å². The van der Waals surface area contributed by atoms with Gasteiger partial charge in [0.15, 0.2) is 0 Å². The number of amides is 2. The van der Waals surface area contributed by atoms with Crippen LogP contribution in [0.4, 0.5) is 11.4 Å². The summed E-state index contributed by atoms with van der Waals surface area (Å²) in [6, 6.07) is 9.74. The average Bonchev–Trinajstić information content (AvgIpc) is 3.38. The van der Waals surface area contributed by atoms with Crippen LogP contribution in [0.3, 0.4) is 0 Å². The second-order valence-electron chi connectivity index (χ2n) is 10.3. The van der Waals surface area contributed by atoms with Crippen molar-refractivity contribution in [2.45, 2.75) is 50.1 Å². The third-order valence-corrected chi connectivity index (χ3v) is 8.69. The number of hydrogen-bond donors (Lipinski definition) is 2. The first-order valence-electron chi connectivity index (χ1n) is 12.6. The monoisotopic (exact) mass is 585 g/mol. The molecule has 1 saturated carbocycles. The maximum atomic E-state index is 14.0. The zero-order valence-corrected chi connectivity index (χ0v) is 22.3. The van der Waals surface area contributed by atoms with Gasteiger partial charge in [0.25, 0.3) is 5.69 Å². The predicted octanol–water partition coefficient (Wildman–Crippen LogP) is 4.61. The molecule has 2 heterocycles. The van der Waals surface area contributed by atoms with Gasteiger partial charge in [-0.3, -0.25) is 29.8 Å². The van der Waals surface area contributed by atoms with Gasteiger partial charge in [0.05, 0.1) is 29.6 Å². The lowest BCUT2D eigenvalue weighted by Crippen LogP contribution is -2.57. The Bertz CT molecular complexity index is 1310. The van der Waals surface area contributed by atoms with Crippen LogP contribution < -0.4 is 15.0 Å². The summed E-state index contributed by atoms with van der Waals surface area (Å²) in [4.78, 5) is 52.9.